The Morgan fingerprint density at radius 1 is 1.24 bits per heavy atom. The number of hydrogen-bond acceptors (Lipinski definition) is 3. The lowest BCUT2D eigenvalue weighted by atomic mass is 9.93. The molecule has 0 heterocycles. The van der Waals surface area contributed by atoms with Gasteiger partial charge in [-0.1, -0.05) is 27.2 Å². The summed E-state index contributed by atoms with van der Waals surface area (Å²) in [6.07, 6.45) is 2.97. The van der Waals surface area contributed by atoms with Gasteiger partial charge < -0.3 is 10.1 Å². The van der Waals surface area contributed by atoms with Crippen molar-refractivity contribution in [2.24, 2.45) is 5.92 Å². The molecule has 0 bridgehead atoms. The molecule has 100 valence electrons. The Hall–Kier alpha value is -1.06. The first-order valence-electron chi connectivity index (χ1n) is 6.35. The van der Waals surface area contributed by atoms with Crippen LogP contribution < -0.4 is 5.32 Å². The van der Waals surface area contributed by atoms with E-state index in [1.54, 1.807) is 6.92 Å². The summed E-state index contributed by atoms with van der Waals surface area (Å²) in [5.74, 6) is -0.467. The van der Waals surface area contributed by atoms with E-state index in [9.17, 15) is 9.59 Å². The van der Waals surface area contributed by atoms with E-state index >= 15 is 0 Å². The van der Waals surface area contributed by atoms with Gasteiger partial charge in [-0.15, -0.1) is 0 Å². The van der Waals surface area contributed by atoms with Crippen molar-refractivity contribution in [1.29, 1.82) is 0 Å². The zero-order valence-corrected chi connectivity index (χ0v) is 11.6. The van der Waals surface area contributed by atoms with Crippen LogP contribution in [0.1, 0.15) is 53.4 Å². The summed E-state index contributed by atoms with van der Waals surface area (Å²) in [5, 5.41) is 2.83. The molecule has 17 heavy (non-hydrogen) atoms. The molecule has 0 aromatic heterocycles. The molecule has 0 aliphatic rings. The number of hydrogen-bond donors (Lipinski definition) is 1. The maximum absolute atomic E-state index is 12.0. The highest BCUT2D eigenvalue weighted by atomic mass is 16.5. The van der Waals surface area contributed by atoms with Gasteiger partial charge in [-0.05, 0) is 26.2 Å². The maximum atomic E-state index is 12.0. The molecule has 0 fully saturated rings. The fraction of sp³-hybridized carbons (Fsp3) is 0.846. The van der Waals surface area contributed by atoms with Gasteiger partial charge in [0.15, 0.2) is 0 Å². The highest BCUT2D eigenvalue weighted by Crippen LogP contribution is 2.17. The second-order valence-corrected chi connectivity index (χ2v) is 4.58. The number of rotatable bonds is 7. The summed E-state index contributed by atoms with van der Waals surface area (Å²) in [5.41, 5.74) is -0.900. The topological polar surface area (TPSA) is 55.4 Å². The molecule has 0 saturated heterocycles. The average molecular weight is 243 g/mol. The summed E-state index contributed by atoms with van der Waals surface area (Å²) in [6.45, 7) is 7.65. The van der Waals surface area contributed by atoms with Crippen LogP contribution in [-0.2, 0) is 14.3 Å². The van der Waals surface area contributed by atoms with Gasteiger partial charge in [-0.3, -0.25) is 4.79 Å². The zero-order valence-electron chi connectivity index (χ0n) is 11.6. The molecule has 0 aromatic carbocycles. The van der Waals surface area contributed by atoms with Gasteiger partial charge in [0.25, 0.3) is 0 Å². The first-order valence-corrected chi connectivity index (χ1v) is 6.35. The van der Waals surface area contributed by atoms with Gasteiger partial charge in [0.1, 0.15) is 5.54 Å². The summed E-state index contributed by atoms with van der Waals surface area (Å²) < 4.78 is 4.76. The number of methoxy groups -OCH3 is 1. The van der Waals surface area contributed by atoms with Crippen molar-refractivity contribution in [3.63, 3.8) is 0 Å². The Balaban J connectivity index is 4.75. The summed E-state index contributed by atoms with van der Waals surface area (Å²) in [6, 6.07) is 0. The molecule has 1 atom stereocenters. The average Bonchev–Trinajstić information content (AvgIpc) is 2.29. The Morgan fingerprint density at radius 2 is 1.76 bits per heavy atom. The van der Waals surface area contributed by atoms with Crippen LogP contribution in [0.4, 0.5) is 0 Å². The van der Waals surface area contributed by atoms with E-state index < -0.39 is 5.54 Å². The normalized spacial score (nSPS) is 14.2. The first-order chi connectivity index (χ1) is 7.95. The van der Waals surface area contributed by atoms with Crippen LogP contribution in [0, 0.1) is 5.92 Å². The third-order valence-electron chi connectivity index (χ3n) is 3.14. The number of esters is 1. The van der Waals surface area contributed by atoms with Crippen LogP contribution in [0.3, 0.4) is 0 Å². The van der Waals surface area contributed by atoms with Crippen molar-refractivity contribution >= 4 is 11.9 Å². The number of carbonyl (C=O) groups excluding carboxylic acids is 2. The fourth-order valence-corrected chi connectivity index (χ4v) is 1.97. The van der Waals surface area contributed by atoms with Crippen molar-refractivity contribution in [2.75, 3.05) is 7.11 Å². The minimum atomic E-state index is -0.900. The molecule has 0 radical (unpaired) electrons. The number of carbonyl (C=O) groups is 2. The van der Waals surface area contributed by atoms with E-state index in [0.717, 1.165) is 19.3 Å². The minimum Gasteiger partial charge on any atom is -0.467 e. The first kappa shape index (κ1) is 15.9. The zero-order chi connectivity index (χ0) is 13.5. The fourth-order valence-electron chi connectivity index (χ4n) is 1.97. The van der Waals surface area contributed by atoms with Crippen molar-refractivity contribution in [3.05, 3.63) is 0 Å². The number of nitrogens with one attached hydrogen (secondary N) is 1. The highest BCUT2D eigenvalue weighted by molar-refractivity contribution is 5.88. The number of ether oxygens (including phenoxy) is 1. The molecular weight excluding hydrogens is 218 g/mol. The third kappa shape index (κ3) is 4.36. The SMILES string of the molecule is CCCC(C)(NC(=O)C(CC)CC)C(=O)OC. The Kier molecular flexibility index (Phi) is 6.85. The van der Waals surface area contributed by atoms with Crippen LogP contribution >= 0.6 is 0 Å². The predicted octanol–water partition coefficient (Wildman–Crippen LogP) is 2.27. The van der Waals surface area contributed by atoms with Crippen LogP contribution in [0.25, 0.3) is 0 Å². The standard InChI is InChI=1S/C13H25NO3/c1-6-9-13(4,12(16)17-5)14-11(15)10(7-2)8-3/h10H,6-9H2,1-5H3,(H,14,15). The smallest absolute Gasteiger partial charge is 0.331 e. The minimum absolute atomic E-state index is 0.0316. The molecule has 1 N–H and O–H groups in total. The maximum Gasteiger partial charge on any atom is 0.331 e. The monoisotopic (exact) mass is 243 g/mol. The van der Waals surface area contributed by atoms with E-state index in [1.807, 2.05) is 20.8 Å². The molecule has 0 spiro atoms. The van der Waals surface area contributed by atoms with Crippen molar-refractivity contribution in [1.82, 2.24) is 5.32 Å². The van der Waals surface area contributed by atoms with Crippen molar-refractivity contribution in [2.45, 2.75) is 58.9 Å². The van der Waals surface area contributed by atoms with Crippen LogP contribution in [-0.4, -0.2) is 24.5 Å². The molecule has 0 aliphatic carbocycles. The lowest BCUT2D eigenvalue weighted by Gasteiger charge is -2.29. The van der Waals surface area contributed by atoms with Crippen LogP contribution in [0.15, 0.2) is 0 Å². The molecular formula is C13H25NO3. The Morgan fingerprint density at radius 3 is 2.12 bits per heavy atom. The lowest BCUT2D eigenvalue weighted by Crippen LogP contribution is -2.54. The molecule has 4 nitrogen and oxygen atoms in total. The Labute approximate surface area is 104 Å². The summed E-state index contributed by atoms with van der Waals surface area (Å²) in [4.78, 5) is 23.7. The van der Waals surface area contributed by atoms with Gasteiger partial charge in [-0.2, -0.15) is 0 Å². The summed E-state index contributed by atoms with van der Waals surface area (Å²) in [7, 11) is 1.35. The van der Waals surface area contributed by atoms with Crippen molar-refractivity contribution in [3.8, 4) is 0 Å². The van der Waals surface area contributed by atoms with Gasteiger partial charge in [0, 0.05) is 5.92 Å². The van der Waals surface area contributed by atoms with E-state index in [1.165, 1.54) is 7.11 Å². The molecule has 0 rings (SSSR count). The van der Waals surface area contributed by atoms with Gasteiger partial charge in [-0.25, -0.2) is 4.79 Å². The van der Waals surface area contributed by atoms with Gasteiger partial charge in [0.2, 0.25) is 5.91 Å². The largest absolute Gasteiger partial charge is 0.467 e. The van der Waals surface area contributed by atoms with E-state index in [-0.39, 0.29) is 17.8 Å². The second kappa shape index (κ2) is 7.30. The van der Waals surface area contributed by atoms with Crippen LogP contribution in [0.5, 0.6) is 0 Å². The van der Waals surface area contributed by atoms with E-state index in [0.29, 0.717) is 6.42 Å². The molecule has 0 aromatic rings. The quantitative estimate of drug-likeness (QED) is 0.698. The third-order valence-corrected chi connectivity index (χ3v) is 3.14. The molecule has 1 unspecified atom stereocenters. The van der Waals surface area contributed by atoms with Crippen LogP contribution in [0.2, 0.25) is 0 Å². The molecule has 1 amide bonds. The predicted molar refractivity (Wildman–Crippen MR) is 67.5 cm³/mol. The van der Waals surface area contributed by atoms with Crippen molar-refractivity contribution < 1.29 is 14.3 Å². The second-order valence-electron chi connectivity index (χ2n) is 4.58. The molecule has 0 saturated carbocycles. The molecule has 0 aliphatic heterocycles. The van der Waals surface area contributed by atoms with E-state index in [2.05, 4.69) is 5.32 Å². The number of amides is 1. The molecule has 4 heteroatoms. The van der Waals surface area contributed by atoms with E-state index in [4.69, 9.17) is 4.74 Å². The lowest BCUT2D eigenvalue weighted by molar-refractivity contribution is -0.151. The van der Waals surface area contributed by atoms with Gasteiger partial charge >= 0.3 is 5.97 Å². The Bertz CT molecular complexity index is 261. The van der Waals surface area contributed by atoms with Gasteiger partial charge in [0.05, 0.1) is 7.11 Å². The summed E-state index contributed by atoms with van der Waals surface area (Å²) >= 11 is 0. The highest BCUT2D eigenvalue weighted by Gasteiger charge is 2.36.